The summed E-state index contributed by atoms with van der Waals surface area (Å²) < 4.78 is 4.60. The predicted molar refractivity (Wildman–Crippen MR) is 57.3 cm³/mol. The van der Waals surface area contributed by atoms with Gasteiger partial charge in [-0.1, -0.05) is 11.6 Å². The lowest BCUT2D eigenvalue weighted by Gasteiger charge is -2.18. The van der Waals surface area contributed by atoms with Gasteiger partial charge < -0.3 is 10.1 Å². The van der Waals surface area contributed by atoms with Crippen LogP contribution in [-0.4, -0.2) is 35.2 Å². The van der Waals surface area contributed by atoms with Crippen molar-refractivity contribution in [2.75, 3.05) is 6.61 Å². The van der Waals surface area contributed by atoms with Crippen molar-refractivity contribution < 1.29 is 14.3 Å². The highest BCUT2D eigenvalue weighted by atomic mass is 35.5. The van der Waals surface area contributed by atoms with Crippen LogP contribution in [0.1, 0.15) is 13.8 Å². The summed E-state index contributed by atoms with van der Waals surface area (Å²) in [4.78, 5) is 32.7. The lowest BCUT2D eigenvalue weighted by molar-refractivity contribution is -0.144. The van der Waals surface area contributed by atoms with Crippen LogP contribution in [0, 0.1) is 11.8 Å². The molecule has 0 saturated heterocycles. The van der Waals surface area contributed by atoms with Crippen molar-refractivity contribution in [1.82, 2.24) is 10.3 Å². The van der Waals surface area contributed by atoms with Gasteiger partial charge in [0, 0.05) is 0 Å². The van der Waals surface area contributed by atoms with Crippen molar-refractivity contribution >= 4 is 23.6 Å². The van der Waals surface area contributed by atoms with E-state index in [9.17, 15) is 14.5 Å². The quantitative estimate of drug-likeness (QED) is 0.259. The first kappa shape index (κ1) is 14.6. The van der Waals surface area contributed by atoms with Gasteiger partial charge in [-0.3, -0.25) is 0 Å². The van der Waals surface area contributed by atoms with E-state index >= 15 is 0 Å². The number of ether oxygens (including phenoxy) is 1. The maximum Gasteiger partial charge on any atom is 0.342 e. The third kappa shape index (κ3) is 4.43. The Morgan fingerprint density at radius 2 is 2.19 bits per heavy atom. The summed E-state index contributed by atoms with van der Waals surface area (Å²) in [6.45, 7) is 6.52. The minimum atomic E-state index is -1.12. The van der Waals surface area contributed by atoms with Gasteiger partial charge in [0.1, 0.15) is 11.5 Å². The number of rotatable bonds is 5. The van der Waals surface area contributed by atoms with Crippen LogP contribution in [0.3, 0.4) is 0 Å². The van der Waals surface area contributed by atoms with E-state index in [4.69, 9.17) is 11.6 Å². The normalized spacial score (nSPS) is 13.5. The number of carbonyl (C=O) groups is 2. The number of nitrogens with zero attached hydrogens (tertiary/aromatic N) is 2. The molecule has 8 heteroatoms. The van der Waals surface area contributed by atoms with Gasteiger partial charge in [0.05, 0.1) is 11.9 Å². The molecule has 0 saturated carbocycles. The van der Waals surface area contributed by atoms with Crippen LogP contribution >= 0.6 is 11.6 Å². The van der Waals surface area contributed by atoms with Crippen molar-refractivity contribution in [3.63, 3.8) is 0 Å². The Morgan fingerprint density at radius 3 is 2.56 bits per heavy atom. The average molecular weight is 251 g/mol. The summed E-state index contributed by atoms with van der Waals surface area (Å²) in [5.74, 6) is -0.705. The van der Waals surface area contributed by atoms with E-state index in [1.807, 2.05) is 0 Å². The molecule has 0 aromatic carbocycles. The second-order valence-electron chi connectivity index (χ2n) is 2.75. The summed E-state index contributed by atoms with van der Waals surface area (Å²) in [7, 11) is 0. The number of hydrogen-bond acceptors (Lipinski definition) is 5. The van der Waals surface area contributed by atoms with Crippen LogP contribution in [0.5, 0.6) is 0 Å². The fourth-order valence-corrected chi connectivity index (χ4v) is 0.905. The molecule has 0 aliphatic rings. The van der Waals surface area contributed by atoms with Crippen LogP contribution in [0.15, 0.2) is 5.29 Å². The molecule has 0 aromatic heterocycles. The highest BCUT2D eigenvalue weighted by molar-refractivity contribution is 6.20. The molecule has 0 fully saturated rings. The van der Waals surface area contributed by atoms with Gasteiger partial charge in [0.25, 0.3) is 0 Å². The third-order valence-corrected chi connectivity index (χ3v) is 1.69. The van der Waals surface area contributed by atoms with Gasteiger partial charge in [0.2, 0.25) is 0 Å². The van der Waals surface area contributed by atoms with E-state index in [2.05, 4.69) is 22.3 Å². The first-order chi connectivity index (χ1) is 7.43. The van der Waals surface area contributed by atoms with Crippen molar-refractivity contribution in [3.8, 4) is 0 Å². The minimum Gasteiger partial charge on any atom is -0.464 e. The number of amides is 2. The Bertz CT molecular complexity index is 272. The molecule has 0 aromatic rings. The monoisotopic (exact) mass is 250 g/mol. The van der Waals surface area contributed by atoms with Gasteiger partial charge in [-0.2, -0.15) is 5.01 Å². The average Bonchev–Trinajstić information content (AvgIpc) is 2.18. The van der Waals surface area contributed by atoms with Gasteiger partial charge in [-0.15, -0.1) is 4.91 Å². The molecule has 0 aliphatic carbocycles. The van der Waals surface area contributed by atoms with Gasteiger partial charge in [-0.25, -0.2) is 9.59 Å². The zero-order chi connectivity index (χ0) is 12.7. The van der Waals surface area contributed by atoms with Gasteiger partial charge >= 0.3 is 12.0 Å². The van der Waals surface area contributed by atoms with E-state index in [0.717, 1.165) is 0 Å². The first-order valence-corrected chi connectivity index (χ1v) is 4.94. The third-order valence-electron chi connectivity index (χ3n) is 1.50. The second-order valence-corrected chi connectivity index (χ2v) is 3.39. The zero-order valence-electron chi connectivity index (χ0n) is 8.97. The molecule has 0 aliphatic heterocycles. The number of hydrogen-bond donors (Lipinski definition) is 1. The molecule has 2 unspecified atom stereocenters. The number of nitrogens with one attached hydrogen (secondary N) is 1. The zero-order valence-corrected chi connectivity index (χ0v) is 9.73. The van der Waals surface area contributed by atoms with Crippen molar-refractivity contribution in [3.05, 3.63) is 11.8 Å². The molecule has 1 N–H and O–H groups in total. The van der Waals surface area contributed by atoms with Crippen LogP contribution < -0.4 is 5.32 Å². The number of alkyl halides is 1. The molecule has 0 bridgehead atoms. The first-order valence-electron chi connectivity index (χ1n) is 4.50. The Balaban J connectivity index is 4.32. The maximum atomic E-state index is 11.3. The van der Waals surface area contributed by atoms with Crippen LogP contribution in [0.4, 0.5) is 4.79 Å². The van der Waals surface area contributed by atoms with E-state index in [1.54, 1.807) is 6.92 Å². The summed E-state index contributed by atoms with van der Waals surface area (Å²) in [6.07, 6.45) is 0. The molecule has 0 heterocycles. The van der Waals surface area contributed by atoms with Crippen molar-refractivity contribution in [2.24, 2.45) is 5.29 Å². The number of carbonyl (C=O) groups excluding carboxylic acids is 2. The van der Waals surface area contributed by atoms with E-state index in [-0.39, 0.29) is 6.61 Å². The summed E-state index contributed by atoms with van der Waals surface area (Å²) in [5.41, 5.74) is -0.924. The molecule has 2 amide bonds. The molecular weight excluding hydrogens is 238 g/mol. The fraction of sp³-hybridized carbons (Fsp3) is 0.625. The highest BCUT2D eigenvalue weighted by Crippen LogP contribution is 2.04. The van der Waals surface area contributed by atoms with E-state index < -0.39 is 23.5 Å². The van der Waals surface area contributed by atoms with Gasteiger partial charge in [-0.05, 0) is 20.8 Å². The molecule has 2 atom stereocenters. The molecule has 16 heavy (non-hydrogen) atoms. The lowest BCUT2D eigenvalue weighted by Crippen LogP contribution is -2.46. The Kier molecular flexibility index (Phi) is 6.40. The van der Waals surface area contributed by atoms with Crippen molar-refractivity contribution in [1.29, 1.82) is 0 Å². The number of esters is 1. The van der Waals surface area contributed by atoms with E-state index in [1.165, 1.54) is 6.92 Å². The summed E-state index contributed by atoms with van der Waals surface area (Å²) >= 11 is 5.50. The highest BCUT2D eigenvalue weighted by Gasteiger charge is 2.24. The minimum absolute atomic E-state index is 0.169. The fourth-order valence-electron chi connectivity index (χ4n) is 0.781. The van der Waals surface area contributed by atoms with Gasteiger partial charge in [0.15, 0.2) is 0 Å². The Labute approximate surface area is 98.0 Å². The smallest absolute Gasteiger partial charge is 0.342 e. The molecule has 91 valence electrons. The van der Waals surface area contributed by atoms with E-state index in [0.29, 0.717) is 5.01 Å². The largest absolute Gasteiger partial charge is 0.464 e. The maximum absolute atomic E-state index is 11.3. The molecular formula is C8H13ClN3O4. The molecule has 0 spiro atoms. The van der Waals surface area contributed by atoms with Crippen LogP contribution in [0.25, 0.3) is 0 Å². The molecule has 7 nitrogen and oxygen atoms in total. The topological polar surface area (TPSA) is 88.1 Å². The Morgan fingerprint density at radius 1 is 1.62 bits per heavy atom. The summed E-state index contributed by atoms with van der Waals surface area (Å²) in [5, 5.41) is 4.97. The predicted octanol–water partition coefficient (Wildman–Crippen LogP) is 1.03. The van der Waals surface area contributed by atoms with Crippen LogP contribution in [0.2, 0.25) is 0 Å². The SMILES string of the molecule is [CH2]C(NC(=O)N(N=O)C(C)Cl)C(=O)OCC. The number of nitroso groups, excluding NO2 is 1. The summed E-state index contributed by atoms with van der Waals surface area (Å²) in [6, 6.07) is -2.03. The Hall–Kier alpha value is -1.37. The van der Waals surface area contributed by atoms with Crippen molar-refractivity contribution in [2.45, 2.75) is 25.4 Å². The lowest BCUT2D eigenvalue weighted by atomic mass is 10.3. The molecule has 0 rings (SSSR count). The van der Waals surface area contributed by atoms with Crippen LogP contribution in [-0.2, 0) is 9.53 Å². The standard InChI is InChI=1S/C8H13ClN3O4/c1-4-16-7(13)5(2)10-8(14)12(11-15)6(3)9/h5-6H,2,4H2,1,3H3,(H,10,14). The number of urea groups is 1. The number of halogens is 1. The second kappa shape index (κ2) is 7.00. The molecule has 1 radical (unpaired) electrons.